The summed E-state index contributed by atoms with van der Waals surface area (Å²) in [6, 6.07) is 5.55. The molecule has 0 aliphatic rings. The molecular weight excluding hydrogens is 230 g/mol. The lowest BCUT2D eigenvalue weighted by Crippen LogP contribution is -2.30. The Hall–Kier alpha value is -2.24. The Morgan fingerprint density at radius 2 is 2.17 bits per heavy atom. The Morgan fingerprint density at radius 1 is 1.39 bits per heavy atom. The lowest BCUT2D eigenvalue weighted by Gasteiger charge is -2.10. The Labute approximate surface area is 105 Å². The van der Waals surface area contributed by atoms with Crippen molar-refractivity contribution < 1.29 is 4.79 Å². The monoisotopic (exact) mass is 245 g/mol. The third-order valence-corrected chi connectivity index (χ3v) is 2.47. The number of nitrogens with zero attached hydrogens (tertiary/aromatic N) is 4. The normalized spacial score (nSPS) is 10.7. The van der Waals surface area contributed by atoms with Crippen LogP contribution in [0.5, 0.6) is 0 Å². The fourth-order valence-corrected chi connectivity index (χ4v) is 1.67. The van der Waals surface area contributed by atoms with E-state index in [1.165, 1.54) is 6.33 Å². The van der Waals surface area contributed by atoms with Crippen molar-refractivity contribution in [2.75, 3.05) is 0 Å². The molecule has 94 valence electrons. The lowest BCUT2D eigenvalue weighted by molar-refractivity contribution is 0.0943. The average molecular weight is 245 g/mol. The summed E-state index contributed by atoms with van der Waals surface area (Å²) in [6.45, 7) is 5.78. The number of benzene rings is 1. The van der Waals surface area contributed by atoms with Crippen LogP contribution in [0.2, 0.25) is 0 Å². The van der Waals surface area contributed by atoms with Crippen molar-refractivity contribution in [2.24, 2.45) is 0 Å². The van der Waals surface area contributed by atoms with Gasteiger partial charge in [-0.15, -0.1) is 5.10 Å². The highest BCUT2D eigenvalue weighted by Crippen LogP contribution is 2.14. The molecule has 0 saturated heterocycles. The third-order valence-electron chi connectivity index (χ3n) is 2.47. The molecule has 0 saturated carbocycles. The molecule has 0 aliphatic carbocycles. The van der Waals surface area contributed by atoms with E-state index in [2.05, 4.69) is 20.8 Å². The number of hydrogen-bond acceptors (Lipinski definition) is 4. The topological polar surface area (TPSA) is 72.7 Å². The van der Waals surface area contributed by atoms with Crippen LogP contribution >= 0.6 is 0 Å². The van der Waals surface area contributed by atoms with Gasteiger partial charge >= 0.3 is 0 Å². The van der Waals surface area contributed by atoms with Crippen LogP contribution in [-0.2, 0) is 0 Å². The van der Waals surface area contributed by atoms with Crippen molar-refractivity contribution in [3.8, 4) is 5.69 Å². The van der Waals surface area contributed by atoms with Crippen molar-refractivity contribution >= 4 is 5.91 Å². The number of hydrogen-bond donors (Lipinski definition) is 1. The second-order valence-electron chi connectivity index (χ2n) is 4.38. The summed E-state index contributed by atoms with van der Waals surface area (Å²) < 4.78 is 1.57. The highest BCUT2D eigenvalue weighted by Gasteiger charge is 2.09. The van der Waals surface area contributed by atoms with E-state index in [-0.39, 0.29) is 11.9 Å². The number of tetrazole rings is 1. The quantitative estimate of drug-likeness (QED) is 0.879. The van der Waals surface area contributed by atoms with Crippen LogP contribution < -0.4 is 5.32 Å². The van der Waals surface area contributed by atoms with Gasteiger partial charge < -0.3 is 5.32 Å². The van der Waals surface area contributed by atoms with Gasteiger partial charge in [0, 0.05) is 11.6 Å². The van der Waals surface area contributed by atoms with E-state index >= 15 is 0 Å². The van der Waals surface area contributed by atoms with Crippen LogP contribution in [0, 0.1) is 6.92 Å². The predicted octanol–water partition coefficient (Wildman–Crippen LogP) is 1.11. The molecule has 1 amide bonds. The molecular formula is C12H15N5O. The van der Waals surface area contributed by atoms with Gasteiger partial charge in [0.1, 0.15) is 6.33 Å². The van der Waals surface area contributed by atoms with Crippen LogP contribution in [0.1, 0.15) is 29.8 Å². The second kappa shape index (κ2) is 4.95. The molecule has 6 heteroatoms. The van der Waals surface area contributed by atoms with Crippen molar-refractivity contribution in [2.45, 2.75) is 26.8 Å². The number of carbonyl (C=O) groups excluding carboxylic acids is 1. The summed E-state index contributed by atoms with van der Waals surface area (Å²) in [7, 11) is 0. The van der Waals surface area contributed by atoms with Gasteiger partial charge in [0.25, 0.3) is 5.91 Å². The predicted molar refractivity (Wildman–Crippen MR) is 66.5 cm³/mol. The zero-order valence-corrected chi connectivity index (χ0v) is 10.6. The highest BCUT2D eigenvalue weighted by molar-refractivity contribution is 5.94. The summed E-state index contributed by atoms with van der Waals surface area (Å²) in [4.78, 5) is 11.8. The SMILES string of the molecule is Cc1cc(C(=O)NC(C)C)ccc1-n1cnnn1. The van der Waals surface area contributed by atoms with Gasteiger partial charge in [0.15, 0.2) is 0 Å². The first-order valence-corrected chi connectivity index (χ1v) is 5.73. The Morgan fingerprint density at radius 3 is 2.72 bits per heavy atom. The number of amides is 1. The molecule has 2 rings (SSSR count). The van der Waals surface area contributed by atoms with Crippen LogP contribution in [0.4, 0.5) is 0 Å². The van der Waals surface area contributed by atoms with E-state index in [1.807, 2.05) is 32.9 Å². The zero-order valence-electron chi connectivity index (χ0n) is 10.6. The van der Waals surface area contributed by atoms with Gasteiger partial charge in [-0.3, -0.25) is 4.79 Å². The van der Waals surface area contributed by atoms with Gasteiger partial charge in [-0.1, -0.05) is 0 Å². The maximum Gasteiger partial charge on any atom is 0.251 e. The van der Waals surface area contributed by atoms with Gasteiger partial charge in [-0.25, -0.2) is 4.68 Å². The second-order valence-corrected chi connectivity index (χ2v) is 4.38. The molecule has 1 heterocycles. The fourth-order valence-electron chi connectivity index (χ4n) is 1.67. The van der Waals surface area contributed by atoms with Crippen LogP contribution in [-0.4, -0.2) is 32.2 Å². The van der Waals surface area contributed by atoms with Crippen molar-refractivity contribution in [3.63, 3.8) is 0 Å². The van der Waals surface area contributed by atoms with E-state index in [4.69, 9.17) is 0 Å². The Balaban J connectivity index is 2.28. The molecule has 1 aromatic heterocycles. The van der Waals surface area contributed by atoms with Crippen LogP contribution in [0.25, 0.3) is 5.69 Å². The molecule has 6 nitrogen and oxygen atoms in total. The first-order chi connectivity index (χ1) is 8.58. The number of nitrogens with one attached hydrogen (secondary N) is 1. The molecule has 18 heavy (non-hydrogen) atoms. The minimum Gasteiger partial charge on any atom is -0.350 e. The Kier molecular flexibility index (Phi) is 3.36. The standard InChI is InChI=1S/C12H15N5O/c1-8(2)14-12(18)10-4-5-11(9(3)6-10)17-7-13-15-16-17/h4-8H,1-3H3,(H,14,18). The van der Waals surface area contributed by atoms with Gasteiger partial charge in [-0.05, 0) is 55.0 Å². The summed E-state index contributed by atoms with van der Waals surface area (Å²) in [5.74, 6) is -0.0728. The Bertz CT molecular complexity index is 548. The van der Waals surface area contributed by atoms with Crippen LogP contribution in [0.3, 0.4) is 0 Å². The van der Waals surface area contributed by atoms with E-state index < -0.39 is 0 Å². The smallest absolute Gasteiger partial charge is 0.251 e. The van der Waals surface area contributed by atoms with E-state index in [0.717, 1.165) is 11.3 Å². The van der Waals surface area contributed by atoms with E-state index in [1.54, 1.807) is 10.7 Å². The molecule has 0 fully saturated rings. The molecule has 0 radical (unpaired) electrons. The molecule has 0 bridgehead atoms. The van der Waals surface area contributed by atoms with Crippen molar-refractivity contribution in [1.29, 1.82) is 0 Å². The average Bonchev–Trinajstić information content (AvgIpc) is 2.81. The fraction of sp³-hybridized carbons (Fsp3) is 0.333. The number of aromatic nitrogens is 4. The number of aryl methyl sites for hydroxylation is 1. The largest absolute Gasteiger partial charge is 0.350 e. The number of rotatable bonds is 3. The molecule has 1 N–H and O–H groups in total. The highest BCUT2D eigenvalue weighted by atomic mass is 16.1. The van der Waals surface area contributed by atoms with Gasteiger partial charge in [0.2, 0.25) is 0 Å². The summed E-state index contributed by atoms with van der Waals surface area (Å²) in [5.41, 5.74) is 2.44. The first kappa shape index (κ1) is 12.2. The maximum atomic E-state index is 11.8. The van der Waals surface area contributed by atoms with Gasteiger partial charge in [-0.2, -0.15) is 0 Å². The van der Waals surface area contributed by atoms with Gasteiger partial charge in [0.05, 0.1) is 5.69 Å². The first-order valence-electron chi connectivity index (χ1n) is 5.73. The molecule has 2 aromatic rings. The molecule has 1 aromatic carbocycles. The molecule has 0 unspecified atom stereocenters. The van der Waals surface area contributed by atoms with E-state index in [0.29, 0.717) is 5.56 Å². The molecule has 0 aliphatic heterocycles. The molecule has 0 atom stereocenters. The summed E-state index contributed by atoms with van der Waals surface area (Å²) >= 11 is 0. The maximum absolute atomic E-state index is 11.8. The summed E-state index contributed by atoms with van der Waals surface area (Å²) in [6.07, 6.45) is 1.52. The molecule has 0 spiro atoms. The van der Waals surface area contributed by atoms with Crippen molar-refractivity contribution in [3.05, 3.63) is 35.7 Å². The number of carbonyl (C=O) groups is 1. The van der Waals surface area contributed by atoms with E-state index in [9.17, 15) is 4.79 Å². The third kappa shape index (κ3) is 2.53. The van der Waals surface area contributed by atoms with Crippen LogP contribution in [0.15, 0.2) is 24.5 Å². The minimum atomic E-state index is -0.0728. The zero-order chi connectivity index (χ0) is 13.1. The lowest BCUT2D eigenvalue weighted by atomic mass is 10.1. The minimum absolute atomic E-state index is 0.0728. The van der Waals surface area contributed by atoms with Crippen molar-refractivity contribution in [1.82, 2.24) is 25.5 Å². The summed E-state index contributed by atoms with van der Waals surface area (Å²) in [5, 5.41) is 13.9.